The van der Waals surface area contributed by atoms with E-state index in [1.165, 1.54) is 40.6 Å². The Bertz CT molecular complexity index is 827. The number of carbonyl (C=O) groups excluding carboxylic acids is 1. The van der Waals surface area contributed by atoms with Gasteiger partial charge in [0.1, 0.15) is 0 Å². The molecule has 0 aliphatic carbocycles. The summed E-state index contributed by atoms with van der Waals surface area (Å²) < 4.78 is 20.7. The number of carboxylic acid groups (broad SMARTS) is 1. The van der Waals surface area contributed by atoms with Crippen molar-refractivity contribution in [1.29, 1.82) is 0 Å². The number of rotatable bonds is 8. The maximum atomic E-state index is 12.7. The first-order chi connectivity index (χ1) is 12.4. The molecule has 0 aromatic heterocycles. The van der Waals surface area contributed by atoms with Crippen molar-refractivity contribution in [1.82, 2.24) is 0 Å². The fourth-order valence-corrected chi connectivity index (χ4v) is 2.56. The van der Waals surface area contributed by atoms with E-state index in [-0.39, 0.29) is 34.8 Å². The standard InChI is InChI=1S/C19H20O7/c1-23-15-6-5-11(8-16(15)24-2)7-14(20)12-9-17(25-3)18(26-4)10-13(12)19(21)22/h5-6,8-10H,7H2,1-4H3,(H,21,22). The van der Waals surface area contributed by atoms with Gasteiger partial charge in [-0.15, -0.1) is 0 Å². The fourth-order valence-electron chi connectivity index (χ4n) is 2.56. The molecular formula is C19H20O7. The Morgan fingerprint density at radius 2 is 1.27 bits per heavy atom. The van der Waals surface area contributed by atoms with Crippen LogP contribution in [0, 0.1) is 0 Å². The van der Waals surface area contributed by atoms with Crippen LogP contribution in [0.5, 0.6) is 23.0 Å². The number of Topliss-reactive ketones (excluding diaryl/α,β-unsaturated/α-hetero) is 1. The van der Waals surface area contributed by atoms with Crippen LogP contribution in [-0.4, -0.2) is 45.3 Å². The lowest BCUT2D eigenvalue weighted by atomic mass is 9.97. The smallest absolute Gasteiger partial charge is 0.336 e. The molecule has 7 nitrogen and oxygen atoms in total. The number of ketones is 1. The molecule has 1 N–H and O–H groups in total. The Morgan fingerprint density at radius 1 is 0.769 bits per heavy atom. The molecule has 0 radical (unpaired) electrons. The van der Waals surface area contributed by atoms with Crippen molar-refractivity contribution in [2.45, 2.75) is 6.42 Å². The number of hydrogen-bond acceptors (Lipinski definition) is 6. The van der Waals surface area contributed by atoms with Crippen molar-refractivity contribution in [3.63, 3.8) is 0 Å². The second kappa shape index (κ2) is 8.24. The number of carboxylic acids is 1. The largest absolute Gasteiger partial charge is 0.493 e. The van der Waals surface area contributed by atoms with Gasteiger partial charge in [-0.05, 0) is 29.8 Å². The number of aromatic carboxylic acids is 1. The molecule has 0 fully saturated rings. The van der Waals surface area contributed by atoms with Crippen molar-refractivity contribution in [3.8, 4) is 23.0 Å². The van der Waals surface area contributed by atoms with Gasteiger partial charge in [0.15, 0.2) is 28.8 Å². The first-order valence-corrected chi connectivity index (χ1v) is 7.68. The molecule has 0 aliphatic heterocycles. The van der Waals surface area contributed by atoms with Gasteiger partial charge in [0.05, 0.1) is 34.0 Å². The molecule has 0 saturated carbocycles. The summed E-state index contributed by atoms with van der Waals surface area (Å²) in [5.41, 5.74) is 0.567. The van der Waals surface area contributed by atoms with Gasteiger partial charge < -0.3 is 24.1 Å². The molecule has 2 rings (SSSR count). The van der Waals surface area contributed by atoms with E-state index in [2.05, 4.69) is 0 Å². The molecule has 26 heavy (non-hydrogen) atoms. The Kier molecular flexibility index (Phi) is 6.06. The molecule has 138 valence electrons. The normalized spacial score (nSPS) is 10.2. The number of benzene rings is 2. The first kappa shape index (κ1) is 19.1. The van der Waals surface area contributed by atoms with Crippen molar-refractivity contribution < 1.29 is 33.6 Å². The van der Waals surface area contributed by atoms with Crippen LogP contribution in [0.1, 0.15) is 26.3 Å². The quantitative estimate of drug-likeness (QED) is 0.724. The van der Waals surface area contributed by atoms with Gasteiger partial charge in [0.25, 0.3) is 0 Å². The van der Waals surface area contributed by atoms with Gasteiger partial charge in [0, 0.05) is 12.0 Å². The van der Waals surface area contributed by atoms with E-state index in [9.17, 15) is 14.7 Å². The van der Waals surface area contributed by atoms with Crippen LogP contribution in [0.4, 0.5) is 0 Å². The minimum Gasteiger partial charge on any atom is -0.493 e. The first-order valence-electron chi connectivity index (χ1n) is 7.68. The summed E-state index contributed by atoms with van der Waals surface area (Å²) in [5, 5.41) is 9.43. The number of carbonyl (C=O) groups is 2. The number of ether oxygens (including phenoxy) is 4. The Morgan fingerprint density at radius 3 is 1.77 bits per heavy atom. The van der Waals surface area contributed by atoms with E-state index in [1.54, 1.807) is 18.2 Å². The highest BCUT2D eigenvalue weighted by atomic mass is 16.5. The molecule has 0 spiro atoms. The zero-order valence-corrected chi connectivity index (χ0v) is 15.0. The highest BCUT2D eigenvalue weighted by molar-refractivity contribution is 6.07. The lowest BCUT2D eigenvalue weighted by Crippen LogP contribution is -2.12. The van der Waals surface area contributed by atoms with E-state index in [0.717, 1.165) is 0 Å². The van der Waals surface area contributed by atoms with Crippen LogP contribution in [0.3, 0.4) is 0 Å². The van der Waals surface area contributed by atoms with Crippen molar-refractivity contribution in [2.75, 3.05) is 28.4 Å². The van der Waals surface area contributed by atoms with Gasteiger partial charge in [-0.25, -0.2) is 4.79 Å². The van der Waals surface area contributed by atoms with Gasteiger partial charge in [-0.2, -0.15) is 0 Å². The molecule has 7 heteroatoms. The van der Waals surface area contributed by atoms with E-state index < -0.39 is 5.97 Å². The lowest BCUT2D eigenvalue weighted by molar-refractivity contribution is 0.0691. The van der Waals surface area contributed by atoms with Crippen LogP contribution < -0.4 is 18.9 Å². The molecule has 0 heterocycles. The molecule has 0 unspecified atom stereocenters. The van der Waals surface area contributed by atoms with Crippen LogP contribution in [0.15, 0.2) is 30.3 Å². The van der Waals surface area contributed by atoms with Crippen LogP contribution >= 0.6 is 0 Å². The Labute approximate surface area is 151 Å². The summed E-state index contributed by atoms with van der Waals surface area (Å²) in [6.45, 7) is 0. The highest BCUT2D eigenvalue weighted by Crippen LogP contribution is 2.32. The van der Waals surface area contributed by atoms with Crippen LogP contribution in [0.2, 0.25) is 0 Å². The zero-order chi connectivity index (χ0) is 19.3. The minimum atomic E-state index is -1.22. The third-order valence-corrected chi connectivity index (χ3v) is 3.87. The van der Waals surface area contributed by atoms with Crippen molar-refractivity contribution >= 4 is 11.8 Å². The molecular weight excluding hydrogens is 340 g/mol. The zero-order valence-electron chi connectivity index (χ0n) is 15.0. The lowest BCUT2D eigenvalue weighted by Gasteiger charge is -2.13. The summed E-state index contributed by atoms with van der Waals surface area (Å²) in [5.74, 6) is -0.0254. The summed E-state index contributed by atoms with van der Waals surface area (Å²) in [7, 11) is 5.83. The number of hydrogen-bond donors (Lipinski definition) is 1. The summed E-state index contributed by atoms with van der Waals surface area (Å²) in [6.07, 6.45) is -0.00385. The van der Waals surface area contributed by atoms with Crippen LogP contribution in [-0.2, 0) is 6.42 Å². The van der Waals surface area contributed by atoms with Gasteiger partial charge >= 0.3 is 5.97 Å². The average molecular weight is 360 g/mol. The highest BCUT2D eigenvalue weighted by Gasteiger charge is 2.21. The Balaban J connectivity index is 2.41. The Hall–Kier alpha value is -3.22. The number of methoxy groups -OCH3 is 4. The van der Waals surface area contributed by atoms with Gasteiger partial charge in [-0.3, -0.25) is 4.79 Å². The van der Waals surface area contributed by atoms with Gasteiger partial charge in [0.2, 0.25) is 0 Å². The summed E-state index contributed by atoms with van der Waals surface area (Å²) in [6, 6.07) is 7.75. The topological polar surface area (TPSA) is 91.3 Å². The average Bonchev–Trinajstić information content (AvgIpc) is 2.66. The van der Waals surface area contributed by atoms with Gasteiger partial charge in [-0.1, -0.05) is 6.07 Å². The second-order valence-electron chi connectivity index (χ2n) is 5.35. The molecule has 0 bridgehead atoms. The predicted molar refractivity (Wildman–Crippen MR) is 94.1 cm³/mol. The summed E-state index contributed by atoms with van der Waals surface area (Å²) >= 11 is 0. The maximum Gasteiger partial charge on any atom is 0.336 e. The van der Waals surface area contributed by atoms with E-state index in [4.69, 9.17) is 18.9 Å². The van der Waals surface area contributed by atoms with E-state index >= 15 is 0 Å². The molecule has 0 aliphatic rings. The molecule has 2 aromatic rings. The summed E-state index contributed by atoms with van der Waals surface area (Å²) in [4.78, 5) is 24.3. The molecule has 0 amide bonds. The minimum absolute atomic E-state index is 0.00385. The van der Waals surface area contributed by atoms with Crippen LogP contribution in [0.25, 0.3) is 0 Å². The van der Waals surface area contributed by atoms with E-state index in [1.807, 2.05) is 0 Å². The third-order valence-electron chi connectivity index (χ3n) is 3.87. The van der Waals surface area contributed by atoms with Crippen molar-refractivity contribution in [3.05, 3.63) is 47.0 Å². The molecule has 2 aromatic carbocycles. The molecule has 0 saturated heterocycles. The predicted octanol–water partition coefficient (Wildman–Crippen LogP) is 2.84. The SMILES string of the molecule is COc1ccc(CC(=O)c2cc(OC)c(OC)cc2C(=O)O)cc1OC. The van der Waals surface area contributed by atoms with E-state index in [0.29, 0.717) is 17.1 Å². The second-order valence-corrected chi connectivity index (χ2v) is 5.35. The third kappa shape index (κ3) is 3.88. The monoisotopic (exact) mass is 360 g/mol. The maximum absolute atomic E-state index is 12.7. The molecule has 0 atom stereocenters. The van der Waals surface area contributed by atoms with Crippen molar-refractivity contribution in [2.24, 2.45) is 0 Å². The fraction of sp³-hybridized carbons (Fsp3) is 0.263.